The number of ether oxygens (including phenoxy) is 3. The number of methoxy groups -OCH3 is 1. The summed E-state index contributed by atoms with van der Waals surface area (Å²) in [6.45, 7) is -0.167. The van der Waals surface area contributed by atoms with E-state index >= 15 is 0 Å². The fraction of sp³-hybridized carbons (Fsp3) is 0.409. The van der Waals surface area contributed by atoms with Crippen molar-refractivity contribution in [3.8, 4) is 17.8 Å². The third-order valence-electron chi connectivity index (χ3n) is 6.04. The van der Waals surface area contributed by atoms with Crippen LogP contribution >= 0.6 is 0 Å². The molecule has 2 aromatic heterocycles. The molecule has 0 saturated carbocycles. The molecule has 4 heterocycles. The lowest BCUT2D eigenvalue weighted by molar-refractivity contribution is -0.150. The maximum Gasteiger partial charge on any atom is 0.409 e. The second-order valence-corrected chi connectivity index (χ2v) is 10.1. The number of nitriles is 1. The van der Waals surface area contributed by atoms with E-state index in [1.54, 1.807) is 0 Å². The molecule has 2 aliphatic rings. The molecular weight excluding hydrogens is 494 g/mol. The van der Waals surface area contributed by atoms with Crippen molar-refractivity contribution in [3.63, 3.8) is 0 Å². The molecule has 2 atom stereocenters. The Morgan fingerprint density at radius 2 is 1.92 bits per heavy atom. The normalized spacial score (nSPS) is 21.6. The van der Waals surface area contributed by atoms with Crippen LogP contribution in [0.3, 0.4) is 0 Å². The molecule has 14 heteroatoms. The van der Waals surface area contributed by atoms with Crippen molar-refractivity contribution in [1.29, 1.82) is 5.26 Å². The summed E-state index contributed by atoms with van der Waals surface area (Å²) in [4.78, 5) is 33.8. The molecule has 2 unspecified atom stereocenters. The van der Waals surface area contributed by atoms with Gasteiger partial charge in [0.05, 0.1) is 24.9 Å². The minimum Gasteiger partial charge on any atom is -0.480 e. The maximum atomic E-state index is 13.6. The molecule has 1 amide bonds. The Bertz CT molecular complexity index is 1280. The van der Waals surface area contributed by atoms with Crippen molar-refractivity contribution in [1.82, 2.24) is 19.2 Å². The van der Waals surface area contributed by atoms with Crippen LogP contribution in [0.15, 0.2) is 41.6 Å². The van der Waals surface area contributed by atoms with E-state index in [0.29, 0.717) is 5.56 Å². The number of carbonyl (C=O) groups excluding carboxylic acids is 1. The predicted octanol–water partition coefficient (Wildman–Crippen LogP) is 1.22. The number of rotatable bonds is 8. The van der Waals surface area contributed by atoms with E-state index < -0.39 is 33.7 Å². The Balaban J connectivity index is 1.55. The molecule has 13 nitrogen and oxygen atoms in total. The van der Waals surface area contributed by atoms with Crippen molar-refractivity contribution in [2.24, 2.45) is 0 Å². The summed E-state index contributed by atoms with van der Waals surface area (Å²) in [5.41, 5.74) is -1.48. The maximum absolute atomic E-state index is 13.6. The van der Waals surface area contributed by atoms with Crippen LogP contribution in [-0.2, 0) is 24.3 Å². The van der Waals surface area contributed by atoms with E-state index in [1.165, 1.54) is 42.5 Å². The topological polar surface area (TPSA) is 172 Å². The van der Waals surface area contributed by atoms with Crippen LogP contribution in [0, 0.1) is 11.3 Å². The molecule has 4 rings (SSSR count). The highest BCUT2D eigenvalue weighted by atomic mass is 32.2. The van der Waals surface area contributed by atoms with E-state index in [9.17, 15) is 23.1 Å². The highest BCUT2D eigenvalue weighted by Gasteiger charge is 2.62. The van der Waals surface area contributed by atoms with Gasteiger partial charge in [-0.2, -0.15) is 9.57 Å². The molecule has 0 aliphatic carbocycles. The molecule has 2 aliphatic heterocycles. The summed E-state index contributed by atoms with van der Waals surface area (Å²) in [5, 5.41) is 18.9. The van der Waals surface area contributed by atoms with Crippen LogP contribution in [0.1, 0.15) is 18.4 Å². The Kier molecular flexibility index (Phi) is 7.07. The van der Waals surface area contributed by atoms with E-state index in [4.69, 9.17) is 19.5 Å². The highest BCUT2D eigenvalue weighted by molar-refractivity contribution is 7.89. The number of hydrogen-bond donors (Lipinski definition) is 1. The number of carboxylic acids is 1. The van der Waals surface area contributed by atoms with Gasteiger partial charge in [-0.1, -0.05) is 0 Å². The number of piperazine rings is 1. The number of pyridine rings is 2. The van der Waals surface area contributed by atoms with Crippen molar-refractivity contribution < 1.29 is 37.3 Å². The monoisotopic (exact) mass is 517 g/mol. The second-order valence-electron chi connectivity index (χ2n) is 8.25. The zero-order valence-corrected chi connectivity index (χ0v) is 20.0. The Hall–Kier alpha value is -3.80. The largest absolute Gasteiger partial charge is 0.480 e. The number of fused-ring (bicyclic) bond motifs is 2. The van der Waals surface area contributed by atoms with Gasteiger partial charge in [-0.25, -0.2) is 23.2 Å². The van der Waals surface area contributed by atoms with Crippen molar-refractivity contribution >= 4 is 22.1 Å². The SMILES string of the molecule is COCCOC(=O)N1CC2CCC(C(=O)O)(C1)N2S(=O)(=O)c1ccc(Oc2ccc(C#N)cn2)nc1. The molecule has 0 radical (unpaired) electrons. The number of aliphatic carboxylic acids is 1. The van der Waals surface area contributed by atoms with E-state index in [-0.39, 0.29) is 55.8 Å². The molecule has 2 saturated heterocycles. The first-order valence-corrected chi connectivity index (χ1v) is 12.3. The summed E-state index contributed by atoms with van der Waals surface area (Å²) in [6.07, 6.45) is 2.00. The quantitative estimate of drug-likeness (QED) is 0.499. The van der Waals surface area contributed by atoms with Crippen LogP contribution in [0.4, 0.5) is 4.79 Å². The number of likely N-dealkylation sites (tertiary alicyclic amines) is 1. The average molecular weight is 518 g/mol. The lowest BCUT2D eigenvalue weighted by Crippen LogP contribution is -2.67. The van der Waals surface area contributed by atoms with Gasteiger partial charge in [-0.15, -0.1) is 0 Å². The number of carboxylic acid groups (broad SMARTS) is 1. The minimum atomic E-state index is -4.29. The first-order chi connectivity index (χ1) is 17.2. The first-order valence-electron chi connectivity index (χ1n) is 10.9. The van der Waals surface area contributed by atoms with Crippen LogP contribution < -0.4 is 4.74 Å². The Morgan fingerprint density at radius 1 is 1.19 bits per heavy atom. The van der Waals surface area contributed by atoms with E-state index in [0.717, 1.165) is 10.5 Å². The highest BCUT2D eigenvalue weighted by Crippen LogP contribution is 2.43. The zero-order valence-electron chi connectivity index (χ0n) is 19.2. The number of sulfonamides is 1. The van der Waals surface area contributed by atoms with Gasteiger partial charge in [0.15, 0.2) is 5.54 Å². The summed E-state index contributed by atoms with van der Waals surface area (Å²) in [6, 6.07) is 6.76. The molecular formula is C22H23N5O8S. The molecule has 190 valence electrons. The smallest absolute Gasteiger partial charge is 0.409 e. The van der Waals surface area contributed by atoms with Gasteiger partial charge in [-0.3, -0.25) is 4.79 Å². The molecule has 36 heavy (non-hydrogen) atoms. The third-order valence-corrected chi connectivity index (χ3v) is 8.04. The molecule has 0 spiro atoms. The van der Waals surface area contributed by atoms with Gasteiger partial charge in [0, 0.05) is 38.0 Å². The van der Waals surface area contributed by atoms with Crippen molar-refractivity contribution in [2.45, 2.75) is 29.3 Å². The van der Waals surface area contributed by atoms with Gasteiger partial charge >= 0.3 is 12.1 Å². The van der Waals surface area contributed by atoms with Crippen molar-refractivity contribution in [3.05, 3.63) is 42.2 Å². The van der Waals surface area contributed by atoms with Gasteiger partial charge < -0.3 is 24.2 Å². The number of aromatic nitrogens is 2. The van der Waals surface area contributed by atoms with Crippen molar-refractivity contribution in [2.75, 3.05) is 33.4 Å². The van der Waals surface area contributed by atoms with Crippen LogP contribution in [0.2, 0.25) is 0 Å². The molecule has 2 fully saturated rings. The standard InChI is InChI=1S/C22H23N5O8S/c1-33-8-9-34-21(30)26-13-16-6-7-22(14-26,20(28)29)27(16)36(31,32)17-3-5-19(25-12-17)35-18-4-2-15(10-23)11-24-18/h2-5,11-12,16H,6-9,13-14H2,1H3,(H,28,29). The van der Waals surface area contributed by atoms with E-state index in [2.05, 4.69) is 9.97 Å². The first kappa shape index (κ1) is 25.3. The second kappa shape index (κ2) is 10.1. The minimum absolute atomic E-state index is 0.000932. The van der Waals surface area contributed by atoms with Gasteiger partial charge in [0.25, 0.3) is 0 Å². The number of hydrogen-bond acceptors (Lipinski definition) is 10. The third kappa shape index (κ3) is 4.68. The lowest BCUT2D eigenvalue weighted by atomic mass is 9.97. The fourth-order valence-electron chi connectivity index (χ4n) is 4.38. The summed E-state index contributed by atoms with van der Waals surface area (Å²) in [5.74, 6) is -1.12. The van der Waals surface area contributed by atoms with Crippen LogP contribution in [0.25, 0.3) is 0 Å². The summed E-state index contributed by atoms with van der Waals surface area (Å²) in [7, 11) is -2.83. The Labute approximate surface area is 206 Å². The molecule has 2 aromatic rings. The summed E-state index contributed by atoms with van der Waals surface area (Å²) >= 11 is 0. The van der Waals surface area contributed by atoms with E-state index in [1.807, 2.05) is 6.07 Å². The van der Waals surface area contributed by atoms with Gasteiger partial charge in [0.1, 0.15) is 17.6 Å². The Morgan fingerprint density at radius 3 is 2.50 bits per heavy atom. The number of carbonyl (C=O) groups is 2. The predicted molar refractivity (Wildman–Crippen MR) is 120 cm³/mol. The van der Waals surface area contributed by atoms with Crippen LogP contribution in [-0.4, -0.2) is 89.8 Å². The fourth-order valence-corrected chi connectivity index (χ4v) is 6.28. The van der Waals surface area contributed by atoms with Gasteiger partial charge in [-0.05, 0) is 25.0 Å². The summed E-state index contributed by atoms with van der Waals surface area (Å²) < 4.78 is 43.6. The molecule has 1 N–H and O–H groups in total. The van der Waals surface area contributed by atoms with Crippen LogP contribution in [0.5, 0.6) is 11.8 Å². The van der Waals surface area contributed by atoms with Gasteiger partial charge in [0.2, 0.25) is 21.8 Å². The zero-order chi connectivity index (χ0) is 25.9. The number of amides is 1. The lowest BCUT2D eigenvalue weighted by Gasteiger charge is -2.44. The average Bonchev–Trinajstić information content (AvgIpc) is 3.13. The number of nitrogens with zero attached hydrogens (tertiary/aromatic N) is 5. The molecule has 0 aromatic carbocycles. The molecule has 2 bridgehead atoms.